The predicted octanol–water partition coefficient (Wildman–Crippen LogP) is 1.62. The van der Waals surface area contributed by atoms with Crippen LogP contribution >= 0.6 is 0 Å². The average molecular weight is 287 g/mol. The summed E-state index contributed by atoms with van der Waals surface area (Å²) in [6, 6.07) is 5.24. The Labute approximate surface area is 124 Å². The molecule has 21 heavy (non-hydrogen) atoms. The fourth-order valence-electron chi connectivity index (χ4n) is 1.91. The molecule has 2 heterocycles. The molecule has 0 aromatic carbocycles. The number of anilines is 1. The van der Waals surface area contributed by atoms with Gasteiger partial charge in [0.05, 0.1) is 12.2 Å². The molecule has 3 N–H and O–H groups in total. The molecular weight excluding hydrogens is 266 g/mol. The molecule has 6 heteroatoms. The first-order chi connectivity index (χ1) is 9.77. The molecule has 2 rings (SSSR count). The molecule has 0 bridgehead atoms. The second kappa shape index (κ2) is 5.55. The average Bonchev–Trinajstić information content (AvgIpc) is 2.79. The number of nitrogens with two attached hydrogens (primary N) is 1. The Morgan fingerprint density at radius 3 is 2.67 bits per heavy atom. The van der Waals surface area contributed by atoms with Crippen LogP contribution in [-0.2, 0) is 19.0 Å². The minimum atomic E-state index is -0.171. The van der Waals surface area contributed by atoms with Crippen molar-refractivity contribution in [2.75, 3.05) is 5.73 Å². The second-order valence-electron chi connectivity index (χ2n) is 6.04. The van der Waals surface area contributed by atoms with E-state index >= 15 is 0 Å². The zero-order valence-electron chi connectivity index (χ0n) is 12.8. The summed E-state index contributed by atoms with van der Waals surface area (Å²) in [6.07, 6.45) is 1.70. The van der Waals surface area contributed by atoms with Gasteiger partial charge in [-0.3, -0.25) is 9.48 Å². The van der Waals surface area contributed by atoms with Crippen molar-refractivity contribution >= 4 is 11.7 Å². The standard InChI is InChI=1S/C15H21N5O/c1-15(2,3)12-7-10(8-13(16)19-12)14(21)17-9-11-5-6-18-20(11)4/h5-8H,9H2,1-4H3,(H2,16,19)(H,17,21). The fraction of sp³-hybridized carbons (Fsp3) is 0.400. The topological polar surface area (TPSA) is 85.8 Å². The Balaban J connectivity index is 2.16. The van der Waals surface area contributed by atoms with E-state index in [9.17, 15) is 4.79 Å². The SMILES string of the molecule is Cn1nccc1CNC(=O)c1cc(N)nc(C(C)(C)C)c1. The van der Waals surface area contributed by atoms with Crippen LogP contribution in [0.2, 0.25) is 0 Å². The van der Waals surface area contributed by atoms with Crippen molar-refractivity contribution in [2.24, 2.45) is 7.05 Å². The molecule has 0 saturated carbocycles. The van der Waals surface area contributed by atoms with E-state index in [1.165, 1.54) is 0 Å². The van der Waals surface area contributed by atoms with E-state index in [-0.39, 0.29) is 11.3 Å². The van der Waals surface area contributed by atoms with Crippen LogP contribution in [-0.4, -0.2) is 20.7 Å². The summed E-state index contributed by atoms with van der Waals surface area (Å²) in [7, 11) is 1.84. The number of amides is 1. The van der Waals surface area contributed by atoms with Gasteiger partial charge in [0.1, 0.15) is 5.82 Å². The highest BCUT2D eigenvalue weighted by molar-refractivity contribution is 5.94. The van der Waals surface area contributed by atoms with E-state index in [2.05, 4.69) is 15.4 Å². The van der Waals surface area contributed by atoms with Gasteiger partial charge in [0.25, 0.3) is 5.91 Å². The zero-order chi connectivity index (χ0) is 15.6. The van der Waals surface area contributed by atoms with Crippen molar-refractivity contribution in [3.63, 3.8) is 0 Å². The van der Waals surface area contributed by atoms with Gasteiger partial charge in [-0.2, -0.15) is 5.10 Å². The molecule has 6 nitrogen and oxygen atoms in total. The van der Waals surface area contributed by atoms with Crippen LogP contribution in [0.4, 0.5) is 5.82 Å². The number of aryl methyl sites for hydroxylation is 1. The maximum Gasteiger partial charge on any atom is 0.251 e. The van der Waals surface area contributed by atoms with Gasteiger partial charge in [0.2, 0.25) is 0 Å². The van der Waals surface area contributed by atoms with Crippen molar-refractivity contribution in [2.45, 2.75) is 32.7 Å². The van der Waals surface area contributed by atoms with Crippen LogP contribution in [0.3, 0.4) is 0 Å². The summed E-state index contributed by atoms with van der Waals surface area (Å²) in [5, 5.41) is 6.93. The van der Waals surface area contributed by atoms with Crippen molar-refractivity contribution < 1.29 is 4.79 Å². The quantitative estimate of drug-likeness (QED) is 0.898. The van der Waals surface area contributed by atoms with E-state index in [0.29, 0.717) is 17.9 Å². The van der Waals surface area contributed by atoms with Gasteiger partial charge >= 0.3 is 0 Å². The fourth-order valence-corrected chi connectivity index (χ4v) is 1.91. The lowest BCUT2D eigenvalue weighted by Gasteiger charge is -2.19. The maximum absolute atomic E-state index is 12.3. The van der Waals surface area contributed by atoms with Crippen molar-refractivity contribution in [3.05, 3.63) is 41.3 Å². The summed E-state index contributed by atoms with van der Waals surface area (Å²) >= 11 is 0. The molecule has 0 aliphatic heterocycles. The van der Waals surface area contributed by atoms with E-state index < -0.39 is 0 Å². The summed E-state index contributed by atoms with van der Waals surface area (Å²) < 4.78 is 1.72. The minimum absolute atomic E-state index is 0.160. The normalized spacial score (nSPS) is 11.4. The smallest absolute Gasteiger partial charge is 0.251 e. The van der Waals surface area contributed by atoms with E-state index in [4.69, 9.17) is 5.73 Å². The molecule has 0 unspecified atom stereocenters. The van der Waals surface area contributed by atoms with Gasteiger partial charge < -0.3 is 11.1 Å². The third kappa shape index (κ3) is 3.59. The third-order valence-electron chi connectivity index (χ3n) is 3.23. The van der Waals surface area contributed by atoms with Crippen LogP contribution in [0.25, 0.3) is 0 Å². The third-order valence-corrected chi connectivity index (χ3v) is 3.23. The molecule has 0 saturated heterocycles. The molecule has 0 aliphatic rings. The van der Waals surface area contributed by atoms with Gasteiger partial charge in [-0.25, -0.2) is 4.98 Å². The van der Waals surface area contributed by atoms with Crippen molar-refractivity contribution in [1.29, 1.82) is 0 Å². The largest absolute Gasteiger partial charge is 0.384 e. The lowest BCUT2D eigenvalue weighted by atomic mass is 9.90. The number of hydrogen-bond acceptors (Lipinski definition) is 4. The number of hydrogen-bond donors (Lipinski definition) is 2. The summed E-state index contributed by atoms with van der Waals surface area (Å²) in [5.74, 6) is 0.184. The molecule has 1 amide bonds. The highest BCUT2D eigenvalue weighted by atomic mass is 16.1. The number of carbonyl (C=O) groups is 1. The van der Waals surface area contributed by atoms with Gasteiger partial charge in [-0.1, -0.05) is 20.8 Å². The molecule has 0 radical (unpaired) electrons. The van der Waals surface area contributed by atoms with Crippen LogP contribution < -0.4 is 11.1 Å². The van der Waals surface area contributed by atoms with E-state index in [1.54, 1.807) is 23.0 Å². The number of carbonyl (C=O) groups excluding carboxylic acids is 1. The highest BCUT2D eigenvalue weighted by Gasteiger charge is 2.18. The van der Waals surface area contributed by atoms with E-state index in [1.807, 2.05) is 33.9 Å². The Bertz CT molecular complexity index is 654. The van der Waals surface area contributed by atoms with Crippen LogP contribution in [0.1, 0.15) is 42.5 Å². The Hall–Kier alpha value is -2.37. The number of pyridine rings is 1. The molecule has 0 spiro atoms. The number of nitrogens with zero attached hydrogens (tertiary/aromatic N) is 3. The van der Waals surface area contributed by atoms with Gasteiger partial charge in [0, 0.05) is 29.9 Å². The van der Waals surface area contributed by atoms with Crippen LogP contribution in [0.5, 0.6) is 0 Å². The van der Waals surface area contributed by atoms with Crippen LogP contribution in [0, 0.1) is 0 Å². The minimum Gasteiger partial charge on any atom is -0.384 e. The zero-order valence-corrected chi connectivity index (χ0v) is 12.8. The predicted molar refractivity (Wildman–Crippen MR) is 81.7 cm³/mol. The van der Waals surface area contributed by atoms with Crippen molar-refractivity contribution in [3.8, 4) is 0 Å². The molecule has 2 aromatic heterocycles. The molecule has 0 fully saturated rings. The first kappa shape index (κ1) is 15.0. The first-order valence-corrected chi connectivity index (χ1v) is 6.80. The molecule has 0 atom stereocenters. The van der Waals surface area contributed by atoms with Gasteiger partial charge in [-0.05, 0) is 18.2 Å². The highest BCUT2D eigenvalue weighted by Crippen LogP contribution is 2.22. The first-order valence-electron chi connectivity index (χ1n) is 6.80. The number of aromatic nitrogens is 3. The summed E-state index contributed by atoms with van der Waals surface area (Å²) in [5.41, 5.74) is 7.90. The summed E-state index contributed by atoms with van der Waals surface area (Å²) in [4.78, 5) is 16.6. The number of nitrogens with one attached hydrogen (secondary N) is 1. The lowest BCUT2D eigenvalue weighted by molar-refractivity contribution is 0.0950. The molecule has 112 valence electrons. The molecule has 0 aliphatic carbocycles. The summed E-state index contributed by atoms with van der Waals surface area (Å²) in [6.45, 7) is 6.52. The van der Waals surface area contributed by atoms with Crippen molar-refractivity contribution in [1.82, 2.24) is 20.1 Å². The second-order valence-corrected chi connectivity index (χ2v) is 6.04. The van der Waals surface area contributed by atoms with Crippen LogP contribution in [0.15, 0.2) is 24.4 Å². The Morgan fingerprint density at radius 1 is 1.38 bits per heavy atom. The van der Waals surface area contributed by atoms with Gasteiger partial charge in [-0.15, -0.1) is 0 Å². The maximum atomic E-state index is 12.3. The van der Waals surface area contributed by atoms with E-state index in [0.717, 1.165) is 11.4 Å². The number of rotatable bonds is 3. The van der Waals surface area contributed by atoms with Gasteiger partial charge in [0.15, 0.2) is 0 Å². The monoisotopic (exact) mass is 287 g/mol. The Morgan fingerprint density at radius 2 is 2.10 bits per heavy atom. The lowest BCUT2D eigenvalue weighted by Crippen LogP contribution is -2.25. The molecular formula is C15H21N5O. The Kier molecular flexibility index (Phi) is 3.97. The molecule has 2 aromatic rings. The number of nitrogen functional groups attached to an aromatic ring is 1.